The first-order valence-corrected chi connectivity index (χ1v) is 8.25. The molecule has 1 heterocycles. The van der Waals surface area contributed by atoms with Gasteiger partial charge in [0.1, 0.15) is 0 Å². The lowest BCUT2D eigenvalue weighted by Gasteiger charge is -2.14. The van der Waals surface area contributed by atoms with Crippen LogP contribution in [0.1, 0.15) is 17.2 Å². The van der Waals surface area contributed by atoms with Gasteiger partial charge in [-0.05, 0) is 46.3 Å². The first-order chi connectivity index (χ1) is 9.29. The molecule has 0 saturated heterocycles. The van der Waals surface area contributed by atoms with E-state index in [4.69, 9.17) is 5.73 Å². The third-order valence-corrected chi connectivity index (χ3v) is 5.04. The molecule has 1 atom stereocenters. The molecule has 19 heavy (non-hydrogen) atoms. The van der Waals surface area contributed by atoms with Crippen molar-refractivity contribution in [2.75, 3.05) is 6.26 Å². The largest absolute Gasteiger partial charge is 0.320 e. The van der Waals surface area contributed by atoms with Gasteiger partial charge in [0.25, 0.3) is 0 Å². The van der Waals surface area contributed by atoms with Gasteiger partial charge >= 0.3 is 0 Å². The van der Waals surface area contributed by atoms with Gasteiger partial charge in [-0.15, -0.1) is 23.1 Å². The van der Waals surface area contributed by atoms with Crippen LogP contribution in [-0.2, 0) is 0 Å². The molecule has 0 radical (unpaired) electrons. The molecule has 0 fully saturated rings. The van der Waals surface area contributed by atoms with Crippen molar-refractivity contribution in [1.29, 1.82) is 0 Å². The second kappa shape index (κ2) is 5.37. The minimum Gasteiger partial charge on any atom is -0.320 e. The van der Waals surface area contributed by atoms with Crippen LogP contribution in [0, 0.1) is 0 Å². The van der Waals surface area contributed by atoms with Gasteiger partial charge in [0.15, 0.2) is 0 Å². The highest BCUT2D eigenvalue weighted by Gasteiger charge is 2.12. The number of rotatable bonds is 3. The van der Waals surface area contributed by atoms with Crippen LogP contribution >= 0.6 is 23.1 Å². The third kappa shape index (κ3) is 2.41. The highest BCUT2D eigenvalue weighted by molar-refractivity contribution is 7.98. The molecule has 96 valence electrons. The van der Waals surface area contributed by atoms with E-state index in [1.807, 2.05) is 0 Å². The van der Waals surface area contributed by atoms with Crippen LogP contribution in [0.5, 0.6) is 0 Å². The molecule has 3 heteroatoms. The van der Waals surface area contributed by atoms with Gasteiger partial charge in [0.05, 0.1) is 6.04 Å². The van der Waals surface area contributed by atoms with Crippen LogP contribution in [0.2, 0.25) is 0 Å². The van der Waals surface area contributed by atoms with Crippen LogP contribution in [0.4, 0.5) is 0 Å². The first kappa shape index (κ1) is 12.7. The van der Waals surface area contributed by atoms with E-state index in [9.17, 15) is 0 Å². The second-order valence-electron chi connectivity index (χ2n) is 4.44. The quantitative estimate of drug-likeness (QED) is 0.708. The zero-order valence-corrected chi connectivity index (χ0v) is 12.3. The van der Waals surface area contributed by atoms with Crippen molar-refractivity contribution in [3.63, 3.8) is 0 Å². The molecule has 2 aromatic carbocycles. The van der Waals surface area contributed by atoms with Crippen molar-refractivity contribution < 1.29 is 0 Å². The van der Waals surface area contributed by atoms with Gasteiger partial charge < -0.3 is 5.73 Å². The van der Waals surface area contributed by atoms with Crippen molar-refractivity contribution in [2.45, 2.75) is 10.9 Å². The van der Waals surface area contributed by atoms with E-state index in [1.165, 1.54) is 26.1 Å². The molecule has 0 aliphatic carbocycles. The average Bonchev–Trinajstić information content (AvgIpc) is 2.95. The molecule has 3 aromatic rings. The number of thiophene rings is 1. The topological polar surface area (TPSA) is 26.0 Å². The molecular formula is C16H15NS2. The lowest BCUT2D eigenvalue weighted by atomic mass is 9.99. The highest BCUT2D eigenvalue weighted by atomic mass is 32.2. The Hall–Kier alpha value is -1.29. The van der Waals surface area contributed by atoms with Gasteiger partial charge in [-0.3, -0.25) is 0 Å². The summed E-state index contributed by atoms with van der Waals surface area (Å²) in [5, 5.41) is 3.40. The number of hydrogen-bond acceptors (Lipinski definition) is 3. The van der Waals surface area contributed by atoms with Crippen molar-refractivity contribution in [1.82, 2.24) is 0 Å². The van der Waals surface area contributed by atoms with Crippen molar-refractivity contribution >= 4 is 33.2 Å². The first-order valence-electron chi connectivity index (χ1n) is 6.15. The molecular weight excluding hydrogens is 270 g/mol. The van der Waals surface area contributed by atoms with E-state index in [-0.39, 0.29) is 6.04 Å². The Kier molecular flexibility index (Phi) is 3.60. The zero-order chi connectivity index (χ0) is 13.2. The Bertz CT molecular complexity index is 685. The van der Waals surface area contributed by atoms with E-state index >= 15 is 0 Å². The summed E-state index contributed by atoms with van der Waals surface area (Å²) in [6.45, 7) is 0. The van der Waals surface area contributed by atoms with E-state index in [0.717, 1.165) is 0 Å². The van der Waals surface area contributed by atoms with Crippen molar-refractivity contribution in [3.05, 3.63) is 65.0 Å². The maximum Gasteiger partial charge on any atom is 0.0565 e. The number of fused-ring (bicyclic) bond motifs is 1. The standard InChI is InChI=1S/C16H15NS2/c1-18-13-7-5-11(6-8-13)15(17)14-4-2-3-12-9-10-19-16(12)14/h2-10,15H,17H2,1H3. The molecule has 0 bridgehead atoms. The van der Waals surface area contributed by atoms with Gasteiger partial charge in [0.2, 0.25) is 0 Å². The summed E-state index contributed by atoms with van der Waals surface area (Å²) in [6, 6.07) is 17.0. The third-order valence-electron chi connectivity index (χ3n) is 3.32. The predicted octanol–water partition coefficient (Wildman–Crippen LogP) is 4.67. The molecule has 3 rings (SSSR count). The van der Waals surface area contributed by atoms with Gasteiger partial charge in [-0.25, -0.2) is 0 Å². The SMILES string of the molecule is CSc1ccc(C(N)c2cccc3ccsc23)cc1. The van der Waals surface area contributed by atoms with Gasteiger partial charge in [0, 0.05) is 9.60 Å². The molecule has 1 unspecified atom stereocenters. The van der Waals surface area contributed by atoms with Crippen LogP contribution in [-0.4, -0.2) is 6.26 Å². The Labute approximate surface area is 121 Å². The van der Waals surface area contributed by atoms with Crippen molar-refractivity contribution in [2.24, 2.45) is 5.73 Å². The fourth-order valence-electron chi connectivity index (χ4n) is 2.25. The lowest BCUT2D eigenvalue weighted by Crippen LogP contribution is -2.11. The summed E-state index contributed by atoms with van der Waals surface area (Å²) < 4.78 is 1.30. The zero-order valence-electron chi connectivity index (χ0n) is 10.7. The molecule has 0 spiro atoms. The van der Waals surface area contributed by atoms with Crippen LogP contribution in [0.3, 0.4) is 0 Å². The molecule has 0 aliphatic heterocycles. The molecule has 1 nitrogen and oxygen atoms in total. The summed E-state index contributed by atoms with van der Waals surface area (Å²) >= 11 is 3.51. The van der Waals surface area contributed by atoms with Crippen molar-refractivity contribution in [3.8, 4) is 0 Å². The Balaban J connectivity index is 2.02. The van der Waals surface area contributed by atoms with E-state index < -0.39 is 0 Å². The van der Waals surface area contributed by atoms with Crippen LogP contribution in [0.15, 0.2) is 58.8 Å². The van der Waals surface area contributed by atoms with E-state index in [2.05, 4.69) is 60.2 Å². The van der Waals surface area contributed by atoms with Gasteiger partial charge in [-0.1, -0.05) is 30.3 Å². The van der Waals surface area contributed by atoms with Crippen LogP contribution < -0.4 is 5.73 Å². The minimum absolute atomic E-state index is 0.0572. The summed E-state index contributed by atoms with van der Waals surface area (Å²) in [7, 11) is 0. The number of hydrogen-bond donors (Lipinski definition) is 1. The monoisotopic (exact) mass is 285 g/mol. The fourth-order valence-corrected chi connectivity index (χ4v) is 3.61. The van der Waals surface area contributed by atoms with Gasteiger partial charge in [-0.2, -0.15) is 0 Å². The highest BCUT2D eigenvalue weighted by Crippen LogP contribution is 2.31. The second-order valence-corrected chi connectivity index (χ2v) is 6.23. The minimum atomic E-state index is -0.0572. The van der Waals surface area contributed by atoms with E-state index in [1.54, 1.807) is 23.1 Å². The lowest BCUT2D eigenvalue weighted by molar-refractivity contribution is 0.880. The molecule has 1 aromatic heterocycles. The summed E-state index contributed by atoms with van der Waals surface area (Å²) in [4.78, 5) is 1.27. The molecule has 0 amide bonds. The molecule has 0 aliphatic rings. The number of benzene rings is 2. The Morgan fingerprint density at radius 3 is 2.58 bits per heavy atom. The maximum atomic E-state index is 6.43. The molecule has 0 saturated carbocycles. The number of thioether (sulfide) groups is 1. The van der Waals surface area contributed by atoms with E-state index in [0.29, 0.717) is 0 Å². The summed E-state index contributed by atoms with van der Waals surface area (Å²) in [5.74, 6) is 0. The summed E-state index contributed by atoms with van der Waals surface area (Å²) in [6.07, 6.45) is 2.08. The molecule has 2 N–H and O–H groups in total. The normalized spacial score (nSPS) is 12.7. The van der Waals surface area contributed by atoms with Crippen LogP contribution in [0.25, 0.3) is 10.1 Å². The fraction of sp³-hybridized carbons (Fsp3) is 0.125. The maximum absolute atomic E-state index is 6.43. The average molecular weight is 285 g/mol. The number of nitrogens with two attached hydrogens (primary N) is 1. The Morgan fingerprint density at radius 1 is 1.05 bits per heavy atom. The summed E-state index contributed by atoms with van der Waals surface area (Å²) in [5.41, 5.74) is 8.81. The predicted molar refractivity (Wildman–Crippen MR) is 86.1 cm³/mol. The smallest absolute Gasteiger partial charge is 0.0565 e. The Morgan fingerprint density at radius 2 is 1.84 bits per heavy atom.